The summed E-state index contributed by atoms with van der Waals surface area (Å²) in [6, 6.07) is 5.46. The fourth-order valence-electron chi connectivity index (χ4n) is 1.93. The Labute approximate surface area is 115 Å². The van der Waals surface area contributed by atoms with Crippen LogP contribution < -0.4 is 15.8 Å². The maximum Gasteiger partial charge on any atom is 0.237 e. The van der Waals surface area contributed by atoms with Crippen molar-refractivity contribution in [2.24, 2.45) is 11.7 Å². The van der Waals surface area contributed by atoms with E-state index in [1.165, 1.54) is 0 Å². The second-order valence-corrected chi connectivity index (χ2v) is 5.27. The normalized spacial score (nSPS) is 12.3. The van der Waals surface area contributed by atoms with E-state index in [2.05, 4.69) is 19.2 Å². The van der Waals surface area contributed by atoms with E-state index >= 15 is 0 Å². The van der Waals surface area contributed by atoms with E-state index < -0.39 is 6.04 Å². The summed E-state index contributed by atoms with van der Waals surface area (Å²) >= 11 is 0. The van der Waals surface area contributed by atoms with Gasteiger partial charge >= 0.3 is 0 Å². The summed E-state index contributed by atoms with van der Waals surface area (Å²) < 4.78 is 5.30. The monoisotopic (exact) mass is 264 g/mol. The minimum absolute atomic E-state index is 0.115. The molecule has 0 bridgehead atoms. The third kappa shape index (κ3) is 4.91. The predicted molar refractivity (Wildman–Crippen MR) is 77.0 cm³/mol. The number of ether oxygens (including phenoxy) is 1. The molecule has 0 saturated carbocycles. The molecule has 0 aliphatic carbocycles. The number of benzene rings is 1. The van der Waals surface area contributed by atoms with Crippen LogP contribution in [0.3, 0.4) is 0 Å². The van der Waals surface area contributed by atoms with Crippen LogP contribution in [-0.2, 0) is 11.3 Å². The summed E-state index contributed by atoms with van der Waals surface area (Å²) in [5.41, 5.74) is 7.92. The van der Waals surface area contributed by atoms with Crippen molar-refractivity contribution in [2.45, 2.75) is 39.8 Å². The van der Waals surface area contributed by atoms with Crippen molar-refractivity contribution in [1.29, 1.82) is 0 Å². The molecule has 4 heteroatoms. The Balaban J connectivity index is 2.59. The summed E-state index contributed by atoms with van der Waals surface area (Å²) in [5.74, 6) is 1.09. The first-order chi connectivity index (χ1) is 8.93. The standard InChI is InChI=1S/C15H24N2O2/c1-10(2)7-13(16)15(18)17-9-12-6-5-11(3)8-14(12)19-4/h5-6,8,10,13H,7,9,16H2,1-4H3,(H,17,18)/t13-/m0/s1. The number of rotatable bonds is 6. The number of aryl methyl sites for hydroxylation is 1. The number of hydrogen-bond donors (Lipinski definition) is 2. The molecule has 1 aromatic carbocycles. The topological polar surface area (TPSA) is 64.3 Å². The molecule has 19 heavy (non-hydrogen) atoms. The van der Waals surface area contributed by atoms with Gasteiger partial charge in [0.25, 0.3) is 0 Å². The Morgan fingerprint density at radius 2 is 2.11 bits per heavy atom. The molecule has 0 aliphatic heterocycles. The average molecular weight is 264 g/mol. The number of methoxy groups -OCH3 is 1. The van der Waals surface area contributed by atoms with E-state index in [9.17, 15) is 4.79 Å². The highest BCUT2D eigenvalue weighted by Crippen LogP contribution is 2.19. The summed E-state index contributed by atoms with van der Waals surface area (Å²) in [7, 11) is 1.63. The molecule has 1 aromatic rings. The molecular weight excluding hydrogens is 240 g/mol. The Bertz CT molecular complexity index is 430. The lowest BCUT2D eigenvalue weighted by molar-refractivity contribution is -0.122. The maximum atomic E-state index is 11.8. The molecule has 0 aromatic heterocycles. The van der Waals surface area contributed by atoms with Gasteiger partial charge in [-0.1, -0.05) is 26.0 Å². The Morgan fingerprint density at radius 3 is 2.68 bits per heavy atom. The van der Waals surface area contributed by atoms with Crippen molar-refractivity contribution in [1.82, 2.24) is 5.32 Å². The first-order valence-corrected chi connectivity index (χ1v) is 6.60. The van der Waals surface area contributed by atoms with Gasteiger partial charge < -0.3 is 15.8 Å². The van der Waals surface area contributed by atoms with Crippen LogP contribution >= 0.6 is 0 Å². The van der Waals surface area contributed by atoms with E-state index in [1.54, 1.807) is 7.11 Å². The quantitative estimate of drug-likeness (QED) is 0.826. The molecule has 1 amide bonds. The lowest BCUT2D eigenvalue weighted by Gasteiger charge is -2.15. The van der Waals surface area contributed by atoms with Crippen molar-refractivity contribution in [3.63, 3.8) is 0 Å². The van der Waals surface area contributed by atoms with Crippen molar-refractivity contribution < 1.29 is 9.53 Å². The van der Waals surface area contributed by atoms with Crippen LogP contribution in [0.5, 0.6) is 5.75 Å². The zero-order valence-corrected chi connectivity index (χ0v) is 12.2. The molecule has 0 saturated heterocycles. The molecule has 3 N–H and O–H groups in total. The molecule has 1 rings (SSSR count). The van der Waals surface area contributed by atoms with Gasteiger partial charge in [-0.15, -0.1) is 0 Å². The fraction of sp³-hybridized carbons (Fsp3) is 0.533. The highest BCUT2D eigenvalue weighted by atomic mass is 16.5. The van der Waals surface area contributed by atoms with Crippen LogP contribution in [0.2, 0.25) is 0 Å². The number of nitrogens with one attached hydrogen (secondary N) is 1. The highest BCUT2D eigenvalue weighted by Gasteiger charge is 2.15. The van der Waals surface area contributed by atoms with E-state index in [-0.39, 0.29) is 5.91 Å². The molecule has 0 radical (unpaired) electrons. The van der Waals surface area contributed by atoms with Gasteiger partial charge in [0.2, 0.25) is 5.91 Å². The van der Waals surface area contributed by atoms with Gasteiger partial charge in [-0.05, 0) is 30.9 Å². The largest absolute Gasteiger partial charge is 0.496 e. The molecule has 0 aliphatic rings. The van der Waals surface area contributed by atoms with Crippen LogP contribution in [-0.4, -0.2) is 19.1 Å². The lowest BCUT2D eigenvalue weighted by Crippen LogP contribution is -2.41. The van der Waals surface area contributed by atoms with E-state index in [4.69, 9.17) is 10.5 Å². The molecule has 0 heterocycles. The minimum atomic E-state index is -0.448. The maximum absolute atomic E-state index is 11.8. The molecule has 0 fully saturated rings. The van der Waals surface area contributed by atoms with Crippen LogP contribution in [0, 0.1) is 12.8 Å². The second kappa shape index (κ2) is 7.14. The Morgan fingerprint density at radius 1 is 1.42 bits per heavy atom. The van der Waals surface area contributed by atoms with Crippen molar-refractivity contribution >= 4 is 5.91 Å². The van der Waals surface area contributed by atoms with Crippen LogP contribution in [0.1, 0.15) is 31.4 Å². The van der Waals surface area contributed by atoms with Gasteiger partial charge in [0, 0.05) is 12.1 Å². The van der Waals surface area contributed by atoms with E-state index in [1.807, 2.05) is 25.1 Å². The van der Waals surface area contributed by atoms with Crippen LogP contribution in [0.15, 0.2) is 18.2 Å². The van der Waals surface area contributed by atoms with Gasteiger partial charge in [-0.2, -0.15) is 0 Å². The average Bonchev–Trinajstić information content (AvgIpc) is 2.35. The third-order valence-corrected chi connectivity index (χ3v) is 2.96. The molecule has 106 valence electrons. The minimum Gasteiger partial charge on any atom is -0.496 e. The van der Waals surface area contributed by atoms with Crippen molar-refractivity contribution in [3.8, 4) is 5.75 Å². The number of amides is 1. The molecule has 0 spiro atoms. The number of carbonyl (C=O) groups is 1. The smallest absolute Gasteiger partial charge is 0.237 e. The third-order valence-electron chi connectivity index (χ3n) is 2.96. The van der Waals surface area contributed by atoms with Crippen molar-refractivity contribution in [2.75, 3.05) is 7.11 Å². The molecule has 0 unspecified atom stereocenters. The van der Waals surface area contributed by atoms with Gasteiger partial charge in [-0.25, -0.2) is 0 Å². The van der Waals surface area contributed by atoms with Gasteiger partial charge in [0.1, 0.15) is 5.75 Å². The number of hydrogen-bond acceptors (Lipinski definition) is 3. The van der Waals surface area contributed by atoms with Crippen LogP contribution in [0.4, 0.5) is 0 Å². The number of carbonyl (C=O) groups excluding carboxylic acids is 1. The van der Waals surface area contributed by atoms with Gasteiger partial charge in [0.15, 0.2) is 0 Å². The van der Waals surface area contributed by atoms with Gasteiger partial charge in [-0.3, -0.25) is 4.79 Å². The van der Waals surface area contributed by atoms with E-state index in [0.29, 0.717) is 18.9 Å². The highest BCUT2D eigenvalue weighted by molar-refractivity contribution is 5.81. The second-order valence-electron chi connectivity index (χ2n) is 5.27. The summed E-state index contributed by atoms with van der Waals surface area (Å²) in [4.78, 5) is 11.8. The fourth-order valence-corrected chi connectivity index (χ4v) is 1.93. The summed E-state index contributed by atoms with van der Waals surface area (Å²) in [6.07, 6.45) is 0.691. The van der Waals surface area contributed by atoms with E-state index in [0.717, 1.165) is 16.9 Å². The summed E-state index contributed by atoms with van der Waals surface area (Å²) in [6.45, 7) is 6.55. The zero-order valence-electron chi connectivity index (χ0n) is 12.2. The van der Waals surface area contributed by atoms with Crippen molar-refractivity contribution in [3.05, 3.63) is 29.3 Å². The Hall–Kier alpha value is -1.55. The van der Waals surface area contributed by atoms with Crippen LogP contribution in [0.25, 0.3) is 0 Å². The first-order valence-electron chi connectivity index (χ1n) is 6.60. The lowest BCUT2D eigenvalue weighted by atomic mass is 10.0. The summed E-state index contributed by atoms with van der Waals surface area (Å²) in [5, 5.41) is 2.85. The molecular formula is C15H24N2O2. The zero-order chi connectivity index (χ0) is 14.4. The van der Waals surface area contributed by atoms with Gasteiger partial charge in [0.05, 0.1) is 13.2 Å². The SMILES string of the molecule is COc1cc(C)ccc1CNC(=O)[C@@H](N)CC(C)C. The number of nitrogens with two attached hydrogens (primary N) is 1. The molecule has 4 nitrogen and oxygen atoms in total. The first kappa shape index (κ1) is 15.5. The predicted octanol–water partition coefficient (Wildman–Crippen LogP) is 1.99. The molecule has 1 atom stereocenters. The Kier molecular flexibility index (Phi) is 5.83.